The molecule has 0 bridgehead atoms. The van der Waals surface area contributed by atoms with Gasteiger partial charge in [0.1, 0.15) is 7.85 Å². The van der Waals surface area contributed by atoms with Gasteiger partial charge in [0.05, 0.1) is 0 Å². The first-order valence-corrected chi connectivity index (χ1v) is 3.06. The second-order valence-electron chi connectivity index (χ2n) is 2.55. The van der Waals surface area contributed by atoms with Crippen molar-refractivity contribution >= 4 is 7.85 Å². The summed E-state index contributed by atoms with van der Waals surface area (Å²) in [4.78, 5) is 0. The Hall–Kier alpha value is 0.0249. The molecule has 1 fully saturated rings. The Morgan fingerprint density at radius 3 is 2.14 bits per heavy atom. The summed E-state index contributed by atoms with van der Waals surface area (Å²) in [5.41, 5.74) is 5.60. The Labute approximate surface area is 45.7 Å². The maximum atomic E-state index is 5.60. The molecule has 0 amide bonds. The standard InChI is InChI=1S/C5H12BN/c6-5(7)4-2-1-3-4/h4-5H,1-3,6-7H2. The molecule has 0 aromatic heterocycles. The first kappa shape index (κ1) is 5.17. The Balaban J connectivity index is 2.14. The summed E-state index contributed by atoms with van der Waals surface area (Å²) in [5.74, 6) is 1.31. The predicted molar refractivity (Wildman–Crippen MR) is 33.9 cm³/mol. The third-order valence-electron chi connectivity index (χ3n) is 1.89. The molecule has 2 heteroatoms. The fourth-order valence-electron chi connectivity index (χ4n) is 0.966. The zero-order chi connectivity index (χ0) is 5.28. The molecule has 0 radical (unpaired) electrons. The first-order chi connectivity index (χ1) is 3.30. The Kier molecular flexibility index (Phi) is 1.38. The lowest BCUT2D eigenvalue weighted by Crippen LogP contribution is -2.34. The molecule has 0 saturated heterocycles. The molecule has 1 atom stereocenters. The van der Waals surface area contributed by atoms with Crippen molar-refractivity contribution in [1.29, 1.82) is 0 Å². The van der Waals surface area contributed by atoms with E-state index in [4.69, 9.17) is 5.73 Å². The van der Waals surface area contributed by atoms with Crippen molar-refractivity contribution in [2.24, 2.45) is 11.7 Å². The van der Waals surface area contributed by atoms with Gasteiger partial charge in [-0.05, 0) is 24.7 Å². The highest BCUT2D eigenvalue weighted by molar-refractivity contribution is 6.11. The van der Waals surface area contributed by atoms with Crippen LogP contribution in [-0.2, 0) is 0 Å². The molecule has 2 N–H and O–H groups in total. The maximum absolute atomic E-state index is 5.60. The highest BCUT2D eigenvalue weighted by atomic mass is 14.6. The minimum Gasteiger partial charge on any atom is -0.335 e. The second-order valence-corrected chi connectivity index (χ2v) is 2.55. The largest absolute Gasteiger partial charge is 0.335 e. The van der Waals surface area contributed by atoms with Crippen LogP contribution in [0, 0.1) is 5.92 Å². The zero-order valence-electron chi connectivity index (χ0n) is 4.85. The van der Waals surface area contributed by atoms with E-state index in [1.165, 1.54) is 19.3 Å². The average molecular weight is 97.0 g/mol. The number of hydrogen-bond acceptors (Lipinski definition) is 1. The highest BCUT2D eigenvalue weighted by Crippen LogP contribution is 2.27. The molecule has 7 heavy (non-hydrogen) atoms. The first-order valence-electron chi connectivity index (χ1n) is 3.06. The highest BCUT2D eigenvalue weighted by Gasteiger charge is 2.20. The van der Waals surface area contributed by atoms with Crippen LogP contribution in [-0.4, -0.2) is 13.8 Å². The molecule has 0 aromatic rings. The van der Waals surface area contributed by atoms with E-state index in [1.54, 1.807) is 0 Å². The Morgan fingerprint density at radius 1 is 1.57 bits per heavy atom. The molecule has 0 aliphatic heterocycles. The van der Waals surface area contributed by atoms with Gasteiger partial charge in [0.25, 0.3) is 0 Å². The minimum absolute atomic E-state index is 0.453. The van der Waals surface area contributed by atoms with Crippen molar-refractivity contribution in [3.8, 4) is 0 Å². The van der Waals surface area contributed by atoms with Crippen LogP contribution >= 0.6 is 0 Å². The minimum atomic E-state index is 0.453. The molecular weight excluding hydrogens is 84.9 g/mol. The van der Waals surface area contributed by atoms with Gasteiger partial charge in [-0.3, -0.25) is 0 Å². The fourth-order valence-corrected chi connectivity index (χ4v) is 0.966. The Bertz CT molecular complexity index is 59.1. The summed E-state index contributed by atoms with van der Waals surface area (Å²) in [6.07, 6.45) is 4.15. The second kappa shape index (κ2) is 1.87. The van der Waals surface area contributed by atoms with E-state index in [0.717, 1.165) is 5.92 Å². The van der Waals surface area contributed by atoms with Gasteiger partial charge in [0.2, 0.25) is 0 Å². The summed E-state index contributed by atoms with van der Waals surface area (Å²) in [6, 6.07) is 0. The van der Waals surface area contributed by atoms with Crippen LogP contribution in [0.25, 0.3) is 0 Å². The third-order valence-corrected chi connectivity index (χ3v) is 1.89. The van der Waals surface area contributed by atoms with E-state index in [1.807, 2.05) is 0 Å². The van der Waals surface area contributed by atoms with Crippen LogP contribution in [0.2, 0.25) is 0 Å². The van der Waals surface area contributed by atoms with E-state index in [2.05, 4.69) is 7.85 Å². The fraction of sp³-hybridized carbons (Fsp3) is 1.00. The third kappa shape index (κ3) is 0.971. The number of nitrogens with two attached hydrogens (primary N) is 1. The van der Waals surface area contributed by atoms with Crippen LogP contribution in [0.3, 0.4) is 0 Å². The summed E-state index contributed by atoms with van der Waals surface area (Å²) in [6.45, 7) is 0. The molecule has 0 spiro atoms. The van der Waals surface area contributed by atoms with Crippen LogP contribution in [0.1, 0.15) is 19.3 Å². The van der Waals surface area contributed by atoms with Gasteiger partial charge in [-0.15, -0.1) is 0 Å². The summed E-state index contributed by atoms with van der Waals surface area (Å²) in [5, 5.41) is 0. The van der Waals surface area contributed by atoms with Gasteiger partial charge in [-0.1, -0.05) is 6.42 Å². The normalized spacial score (nSPS) is 26.4. The predicted octanol–water partition coefficient (Wildman–Crippen LogP) is -0.296. The molecule has 0 aromatic carbocycles. The van der Waals surface area contributed by atoms with Crippen molar-refractivity contribution in [3.63, 3.8) is 0 Å². The number of hydrogen-bond donors (Lipinski definition) is 1. The van der Waals surface area contributed by atoms with Crippen LogP contribution in [0.5, 0.6) is 0 Å². The zero-order valence-corrected chi connectivity index (χ0v) is 4.85. The van der Waals surface area contributed by atoms with Crippen molar-refractivity contribution in [2.45, 2.75) is 25.2 Å². The SMILES string of the molecule is BC(N)C1CCC1. The van der Waals surface area contributed by atoms with Gasteiger partial charge in [-0.2, -0.15) is 0 Å². The monoisotopic (exact) mass is 97.1 g/mol. The smallest absolute Gasteiger partial charge is 0.123 e. The van der Waals surface area contributed by atoms with E-state index in [9.17, 15) is 0 Å². The van der Waals surface area contributed by atoms with E-state index >= 15 is 0 Å². The molecule has 1 rings (SSSR count). The molecule has 40 valence electrons. The summed E-state index contributed by atoms with van der Waals surface area (Å²) in [7, 11) is 2.10. The molecule has 1 unspecified atom stereocenters. The van der Waals surface area contributed by atoms with E-state index in [-0.39, 0.29) is 0 Å². The summed E-state index contributed by atoms with van der Waals surface area (Å²) < 4.78 is 0. The van der Waals surface area contributed by atoms with Crippen molar-refractivity contribution < 1.29 is 0 Å². The molecular formula is C5H12BN. The molecule has 0 heterocycles. The quantitative estimate of drug-likeness (QED) is 0.447. The molecule has 1 nitrogen and oxygen atoms in total. The lowest BCUT2D eigenvalue weighted by Gasteiger charge is -2.28. The van der Waals surface area contributed by atoms with Crippen LogP contribution in [0.15, 0.2) is 0 Å². The lowest BCUT2D eigenvalue weighted by molar-refractivity contribution is 0.305. The van der Waals surface area contributed by atoms with Crippen LogP contribution in [0.4, 0.5) is 0 Å². The van der Waals surface area contributed by atoms with Crippen molar-refractivity contribution in [3.05, 3.63) is 0 Å². The van der Waals surface area contributed by atoms with Gasteiger partial charge in [0.15, 0.2) is 0 Å². The average Bonchev–Trinajstić information content (AvgIpc) is 1.23. The van der Waals surface area contributed by atoms with Gasteiger partial charge < -0.3 is 5.73 Å². The molecule has 1 saturated carbocycles. The van der Waals surface area contributed by atoms with Crippen molar-refractivity contribution in [2.75, 3.05) is 0 Å². The van der Waals surface area contributed by atoms with Gasteiger partial charge in [-0.25, -0.2) is 0 Å². The van der Waals surface area contributed by atoms with Gasteiger partial charge >= 0.3 is 0 Å². The number of rotatable bonds is 1. The summed E-state index contributed by atoms with van der Waals surface area (Å²) >= 11 is 0. The van der Waals surface area contributed by atoms with E-state index in [0.29, 0.717) is 5.94 Å². The Morgan fingerprint density at radius 2 is 2.14 bits per heavy atom. The molecule has 1 aliphatic rings. The van der Waals surface area contributed by atoms with E-state index < -0.39 is 0 Å². The molecule has 1 aliphatic carbocycles. The maximum Gasteiger partial charge on any atom is 0.123 e. The van der Waals surface area contributed by atoms with Crippen LogP contribution < -0.4 is 5.73 Å². The lowest BCUT2D eigenvalue weighted by atomic mass is 9.72. The van der Waals surface area contributed by atoms with Gasteiger partial charge in [0, 0.05) is 0 Å². The topological polar surface area (TPSA) is 26.0 Å². The van der Waals surface area contributed by atoms with Crippen molar-refractivity contribution in [1.82, 2.24) is 0 Å².